The first-order valence-corrected chi connectivity index (χ1v) is 6.83. The molecular formula is C14H17BrN2O. The van der Waals surface area contributed by atoms with Crippen LogP contribution in [0.5, 0.6) is 0 Å². The maximum absolute atomic E-state index is 9.55. The summed E-state index contributed by atoms with van der Waals surface area (Å²) >= 11 is 3.54. The predicted octanol–water partition coefficient (Wildman–Crippen LogP) is 2.89. The lowest BCUT2D eigenvalue weighted by molar-refractivity contribution is 0.258. The van der Waals surface area contributed by atoms with Gasteiger partial charge in [-0.05, 0) is 18.1 Å². The van der Waals surface area contributed by atoms with Crippen molar-refractivity contribution in [3.05, 3.63) is 52.5 Å². The van der Waals surface area contributed by atoms with E-state index in [9.17, 15) is 5.11 Å². The molecule has 0 saturated heterocycles. The maximum atomic E-state index is 9.55. The van der Waals surface area contributed by atoms with Gasteiger partial charge in [0.15, 0.2) is 0 Å². The summed E-state index contributed by atoms with van der Waals surface area (Å²) < 4.78 is 3.08. The van der Waals surface area contributed by atoms with Crippen molar-refractivity contribution < 1.29 is 5.11 Å². The molecule has 0 fully saturated rings. The molecule has 3 nitrogen and oxygen atoms in total. The first-order chi connectivity index (χ1) is 8.72. The zero-order valence-corrected chi connectivity index (χ0v) is 12.0. The van der Waals surface area contributed by atoms with Crippen LogP contribution in [0, 0.1) is 0 Å². The summed E-state index contributed by atoms with van der Waals surface area (Å²) in [7, 11) is 1.99. The molecule has 1 unspecified atom stereocenters. The molecule has 0 aliphatic rings. The fraction of sp³-hybridized carbons (Fsp3) is 0.357. The predicted molar refractivity (Wildman–Crippen MR) is 75.5 cm³/mol. The molecule has 1 aromatic heterocycles. The number of halogens is 1. The maximum Gasteiger partial charge on any atom is 0.108 e. The largest absolute Gasteiger partial charge is 0.396 e. The summed E-state index contributed by atoms with van der Waals surface area (Å²) in [5.74, 6) is 1.21. The summed E-state index contributed by atoms with van der Waals surface area (Å²) in [6.07, 6.45) is 5.52. The van der Waals surface area contributed by atoms with Crippen LogP contribution in [0.25, 0.3) is 0 Å². The Morgan fingerprint density at radius 2 is 2.17 bits per heavy atom. The highest BCUT2D eigenvalue weighted by molar-refractivity contribution is 9.10. The number of hydrogen-bond donors (Lipinski definition) is 1. The first kappa shape index (κ1) is 13.3. The van der Waals surface area contributed by atoms with Crippen LogP contribution in [0.1, 0.15) is 23.7 Å². The van der Waals surface area contributed by atoms with Gasteiger partial charge < -0.3 is 9.67 Å². The molecule has 0 saturated carbocycles. The first-order valence-electron chi connectivity index (χ1n) is 6.04. The van der Waals surface area contributed by atoms with E-state index in [-0.39, 0.29) is 12.5 Å². The van der Waals surface area contributed by atoms with E-state index in [0.717, 1.165) is 28.7 Å². The smallest absolute Gasteiger partial charge is 0.108 e. The summed E-state index contributed by atoms with van der Waals surface area (Å²) in [6.45, 7) is 0.160. The molecule has 0 radical (unpaired) electrons. The highest BCUT2D eigenvalue weighted by Crippen LogP contribution is 2.27. The molecule has 0 spiro atoms. The lowest BCUT2D eigenvalue weighted by Crippen LogP contribution is -2.08. The van der Waals surface area contributed by atoms with Crippen LogP contribution < -0.4 is 0 Å². The number of aromatic nitrogens is 2. The lowest BCUT2D eigenvalue weighted by atomic mass is 9.95. The van der Waals surface area contributed by atoms with E-state index in [2.05, 4.69) is 27.0 Å². The number of rotatable bonds is 5. The van der Waals surface area contributed by atoms with E-state index in [1.54, 1.807) is 0 Å². The molecule has 0 aliphatic carbocycles. The third-order valence-corrected chi connectivity index (χ3v) is 3.92. The molecule has 0 bridgehead atoms. The zero-order chi connectivity index (χ0) is 13.0. The Morgan fingerprint density at radius 3 is 2.78 bits per heavy atom. The summed E-state index contributed by atoms with van der Waals surface area (Å²) in [5.41, 5.74) is 1.16. The normalized spacial score (nSPS) is 12.6. The quantitative estimate of drug-likeness (QED) is 0.922. The highest BCUT2D eigenvalue weighted by atomic mass is 79.9. The summed E-state index contributed by atoms with van der Waals surface area (Å²) in [4.78, 5) is 4.31. The van der Waals surface area contributed by atoms with E-state index in [4.69, 9.17) is 0 Å². The Morgan fingerprint density at radius 1 is 1.39 bits per heavy atom. The van der Waals surface area contributed by atoms with E-state index in [1.165, 1.54) is 0 Å². The van der Waals surface area contributed by atoms with Gasteiger partial charge in [0, 0.05) is 42.9 Å². The minimum atomic E-state index is 0.150. The van der Waals surface area contributed by atoms with Crippen LogP contribution >= 0.6 is 15.9 Å². The van der Waals surface area contributed by atoms with Crippen LogP contribution in [0.3, 0.4) is 0 Å². The van der Waals surface area contributed by atoms with Gasteiger partial charge in [0.05, 0.1) is 0 Å². The number of nitrogens with zero attached hydrogens (tertiary/aromatic N) is 2. The van der Waals surface area contributed by atoms with Crippen molar-refractivity contribution in [3.8, 4) is 0 Å². The second kappa shape index (κ2) is 6.16. The van der Waals surface area contributed by atoms with Crippen molar-refractivity contribution in [1.29, 1.82) is 0 Å². The van der Waals surface area contributed by atoms with Crippen molar-refractivity contribution in [2.45, 2.75) is 18.8 Å². The van der Waals surface area contributed by atoms with Gasteiger partial charge in [0.1, 0.15) is 5.82 Å². The number of aliphatic hydroxyl groups is 1. The van der Waals surface area contributed by atoms with Gasteiger partial charge >= 0.3 is 0 Å². The second-order valence-electron chi connectivity index (χ2n) is 4.39. The monoisotopic (exact) mass is 308 g/mol. The van der Waals surface area contributed by atoms with Gasteiger partial charge in [-0.3, -0.25) is 0 Å². The van der Waals surface area contributed by atoms with Gasteiger partial charge in [-0.15, -0.1) is 0 Å². The lowest BCUT2D eigenvalue weighted by Gasteiger charge is -2.16. The Kier molecular flexibility index (Phi) is 4.55. The van der Waals surface area contributed by atoms with Crippen LogP contribution in [0.4, 0.5) is 0 Å². The molecule has 4 heteroatoms. The minimum absolute atomic E-state index is 0.150. The van der Waals surface area contributed by atoms with Crippen molar-refractivity contribution in [3.63, 3.8) is 0 Å². The van der Waals surface area contributed by atoms with Gasteiger partial charge in [-0.25, -0.2) is 4.98 Å². The second-order valence-corrected chi connectivity index (χ2v) is 5.25. The summed E-state index contributed by atoms with van der Waals surface area (Å²) in [6, 6.07) is 8.06. The van der Waals surface area contributed by atoms with Crippen molar-refractivity contribution >= 4 is 15.9 Å². The van der Waals surface area contributed by atoms with E-state index >= 15 is 0 Å². The van der Waals surface area contributed by atoms with Crippen molar-refractivity contribution in [2.75, 3.05) is 6.61 Å². The Hall–Kier alpha value is -1.13. The SMILES string of the molecule is Cn1ccnc1CCC(CO)c1ccccc1Br. The molecule has 0 amide bonds. The van der Waals surface area contributed by atoms with Crippen molar-refractivity contribution in [1.82, 2.24) is 9.55 Å². The standard InChI is InChI=1S/C14H17BrN2O/c1-17-9-8-16-14(17)7-6-11(10-18)12-4-2-3-5-13(12)15/h2-5,8-9,11,18H,6-7,10H2,1H3. The minimum Gasteiger partial charge on any atom is -0.396 e. The fourth-order valence-electron chi connectivity index (χ4n) is 2.09. The average molecular weight is 309 g/mol. The number of aliphatic hydroxyl groups excluding tert-OH is 1. The molecule has 18 heavy (non-hydrogen) atoms. The van der Waals surface area contributed by atoms with E-state index < -0.39 is 0 Å². The number of aryl methyl sites for hydroxylation is 2. The molecule has 1 heterocycles. The number of hydrogen-bond acceptors (Lipinski definition) is 2. The fourth-order valence-corrected chi connectivity index (χ4v) is 2.70. The molecule has 1 aromatic carbocycles. The van der Waals surface area contributed by atoms with Gasteiger partial charge in [0.2, 0.25) is 0 Å². The Bertz CT molecular complexity index is 510. The molecule has 0 aliphatic heterocycles. The molecule has 2 rings (SSSR count). The van der Waals surface area contributed by atoms with Crippen molar-refractivity contribution in [2.24, 2.45) is 7.05 Å². The third kappa shape index (κ3) is 3.00. The van der Waals surface area contributed by atoms with Crippen LogP contribution in [0.2, 0.25) is 0 Å². The van der Waals surface area contributed by atoms with Gasteiger partial charge in [-0.1, -0.05) is 34.1 Å². The zero-order valence-electron chi connectivity index (χ0n) is 10.4. The Balaban J connectivity index is 2.07. The van der Waals surface area contributed by atoms with Gasteiger partial charge in [0.25, 0.3) is 0 Å². The molecule has 96 valence electrons. The Labute approximate surface area is 116 Å². The molecule has 2 aromatic rings. The summed E-state index contributed by atoms with van der Waals surface area (Å²) in [5, 5.41) is 9.55. The van der Waals surface area contributed by atoms with E-state index in [1.807, 2.05) is 42.2 Å². The molecular weight excluding hydrogens is 292 g/mol. The molecule has 1 atom stereocenters. The van der Waals surface area contributed by atoms with Gasteiger partial charge in [-0.2, -0.15) is 0 Å². The highest BCUT2D eigenvalue weighted by Gasteiger charge is 2.14. The number of imidazole rings is 1. The third-order valence-electron chi connectivity index (χ3n) is 3.20. The van der Waals surface area contributed by atoms with E-state index in [0.29, 0.717) is 0 Å². The number of benzene rings is 1. The topological polar surface area (TPSA) is 38.0 Å². The average Bonchev–Trinajstić information content (AvgIpc) is 2.78. The van der Waals surface area contributed by atoms with Crippen LogP contribution in [0.15, 0.2) is 41.1 Å². The van der Waals surface area contributed by atoms with Crippen LogP contribution in [-0.4, -0.2) is 21.3 Å². The van der Waals surface area contributed by atoms with Crippen LogP contribution in [-0.2, 0) is 13.5 Å². The molecule has 1 N–H and O–H groups in total.